The van der Waals surface area contributed by atoms with Gasteiger partial charge in [0, 0.05) is 23.4 Å². The highest BCUT2D eigenvalue weighted by Crippen LogP contribution is 2.34. The van der Waals surface area contributed by atoms with Crippen LogP contribution < -0.4 is 19.5 Å². The Morgan fingerprint density at radius 3 is 2.34 bits per heavy atom. The second-order valence-electron chi connectivity index (χ2n) is 6.75. The Balaban J connectivity index is 1.56. The van der Waals surface area contributed by atoms with Gasteiger partial charge >= 0.3 is 0 Å². The lowest BCUT2D eigenvalue weighted by Crippen LogP contribution is -2.14. The minimum Gasteiger partial charge on any atom is -0.497 e. The largest absolute Gasteiger partial charge is 0.497 e. The summed E-state index contributed by atoms with van der Waals surface area (Å²) in [6, 6.07) is 11.6. The summed E-state index contributed by atoms with van der Waals surface area (Å²) in [4.78, 5) is 16.9. The summed E-state index contributed by atoms with van der Waals surface area (Å²) in [5.41, 5.74) is 1.43. The van der Waals surface area contributed by atoms with E-state index >= 15 is 0 Å². The summed E-state index contributed by atoms with van der Waals surface area (Å²) in [7, 11) is 1.18. The molecule has 0 saturated carbocycles. The lowest BCUT2D eigenvalue weighted by Gasteiger charge is -2.08. The fraction of sp³-hybridized carbons (Fsp3) is 0.273. The molecule has 10 heteroatoms. The molecule has 1 heterocycles. The molecule has 1 N–H and O–H groups in total. The second kappa shape index (κ2) is 10.5. The number of methoxy groups -OCH3 is 3. The van der Waals surface area contributed by atoms with Crippen LogP contribution in [0.1, 0.15) is 12.8 Å². The molecule has 3 aromatic rings. The maximum Gasteiger partial charge on any atom is 0.226 e. The van der Waals surface area contributed by atoms with Crippen LogP contribution in [0.2, 0.25) is 0 Å². The summed E-state index contributed by atoms with van der Waals surface area (Å²) < 4.78 is 40.5. The number of aromatic nitrogens is 1. The molecule has 0 aliphatic heterocycles. The van der Waals surface area contributed by atoms with Crippen LogP contribution in [0.3, 0.4) is 0 Å². The molecular formula is C22H24N2O6S2. The lowest BCUT2D eigenvalue weighted by molar-refractivity contribution is -0.116. The molecule has 0 spiro atoms. The Hall–Kier alpha value is -3.11. The van der Waals surface area contributed by atoms with Crippen LogP contribution in [0.4, 0.5) is 5.13 Å². The van der Waals surface area contributed by atoms with Gasteiger partial charge in [-0.05, 0) is 42.8 Å². The van der Waals surface area contributed by atoms with Crippen molar-refractivity contribution in [1.82, 2.24) is 4.98 Å². The van der Waals surface area contributed by atoms with Crippen LogP contribution in [0.25, 0.3) is 11.3 Å². The molecule has 170 valence electrons. The number of benzene rings is 2. The number of sulfone groups is 1. The van der Waals surface area contributed by atoms with Crippen LogP contribution in [-0.4, -0.2) is 46.4 Å². The second-order valence-corrected chi connectivity index (χ2v) is 9.72. The number of carbonyl (C=O) groups is 1. The van der Waals surface area contributed by atoms with Crippen LogP contribution in [0.5, 0.6) is 17.2 Å². The number of thiazole rings is 1. The van der Waals surface area contributed by atoms with E-state index in [-0.39, 0.29) is 29.4 Å². The topological polar surface area (TPSA) is 104 Å². The number of carbonyl (C=O) groups excluding carboxylic acids is 1. The Bertz CT molecular complexity index is 1170. The van der Waals surface area contributed by atoms with Crippen molar-refractivity contribution in [1.29, 1.82) is 0 Å². The van der Waals surface area contributed by atoms with E-state index < -0.39 is 9.84 Å². The van der Waals surface area contributed by atoms with E-state index in [9.17, 15) is 13.2 Å². The van der Waals surface area contributed by atoms with Crippen LogP contribution in [-0.2, 0) is 14.6 Å². The number of nitrogens with one attached hydrogen (secondary N) is 1. The molecular weight excluding hydrogens is 452 g/mol. The summed E-state index contributed by atoms with van der Waals surface area (Å²) in [5, 5.41) is 4.97. The Morgan fingerprint density at radius 1 is 1.00 bits per heavy atom. The molecule has 0 aliphatic carbocycles. The Kier molecular flexibility index (Phi) is 7.70. The van der Waals surface area contributed by atoms with Gasteiger partial charge in [-0.3, -0.25) is 4.79 Å². The van der Waals surface area contributed by atoms with Gasteiger partial charge < -0.3 is 19.5 Å². The molecule has 0 saturated heterocycles. The van der Waals surface area contributed by atoms with Gasteiger partial charge in [-0.15, -0.1) is 11.3 Å². The first-order valence-electron chi connectivity index (χ1n) is 9.71. The van der Waals surface area contributed by atoms with Crippen molar-refractivity contribution < 1.29 is 27.4 Å². The first-order chi connectivity index (χ1) is 15.4. The van der Waals surface area contributed by atoms with Gasteiger partial charge in [-0.1, -0.05) is 0 Å². The van der Waals surface area contributed by atoms with Gasteiger partial charge in [0.05, 0.1) is 37.7 Å². The average molecular weight is 477 g/mol. The SMILES string of the molecule is COc1ccc(S(=O)(=O)CCCC(=O)Nc2nc(-c3ccc(OC)cc3OC)cs2)cc1. The van der Waals surface area contributed by atoms with Gasteiger partial charge in [0.15, 0.2) is 15.0 Å². The number of amides is 1. The van der Waals surface area contributed by atoms with E-state index in [0.717, 1.165) is 5.56 Å². The first kappa shape index (κ1) is 23.6. The molecule has 0 unspecified atom stereocenters. The molecule has 0 fully saturated rings. The Morgan fingerprint density at radius 2 is 1.69 bits per heavy atom. The standard InChI is InChI=1S/C22H24N2O6S2/c1-28-15-6-9-17(10-7-15)32(26,27)12-4-5-21(25)24-22-23-19(14-31-22)18-11-8-16(29-2)13-20(18)30-3/h6-11,13-14H,4-5,12H2,1-3H3,(H,23,24,25). The van der Waals surface area contributed by atoms with Crippen molar-refractivity contribution in [2.24, 2.45) is 0 Å². The van der Waals surface area contributed by atoms with Crippen molar-refractivity contribution in [2.75, 3.05) is 32.4 Å². The normalized spacial score (nSPS) is 11.1. The maximum atomic E-state index is 12.4. The van der Waals surface area contributed by atoms with E-state index in [0.29, 0.717) is 28.1 Å². The number of hydrogen-bond acceptors (Lipinski definition) is 8. The van der Waals surface area contributed by atoms with Crippen molar-refractivity contribution in [2.45, 2.75) is 17.7 Å². The molecule has 0 bridgehead atoms. The van der Waals surface area contributed by atoms with E-state index in [1.165, 1.54) is 30.6 Å². The van der Waals surface area contributed by atoms with Crippen molar-refractivity contribution in [3.63, 3.8) is 0 Å². The third-order valence-electron chi connectivity index (χ3n) is 4.67. The molecule has 0 atom stereocenters. The smallest absolute Gasteiger partial charge is 0.226 e. The average Bonchev–Trinajstić information content (AvgIpc) is 3.26. The van der Waals surface area contributed by atoms with Gasteiger partial charge in [-0.25, -0.2) is 13.4 Å². The summed E-state index contributed by atoms with van der Waals surface area (Å²) >= 11 is 1.28. The summed E-state index contributed by atoms with van der Waals surface area (Å²) in [6.07, 6.45) is 0.265. The predicted octanol–water partition coefficient (Wildman–Crippen LogP) is 4.03. The number of nitrogens with zero attached hydrogens (tertiary/aromatic N) is 1. The maximum absolute atomic E-state index is 12.4. The van der Waals surface area contributed by atoms with Crippen LogP contribution in [0.15, 0.2) is 52.7 Å². The lowest BCUT2D eigenvalue weighted by atomic mass is 10.1. The molecule has 1 aromatic heterocycles. The molecule has 3 rings (SSSR count). The van der Waals surface area contributed by atoms with Crippen LogP contribution in [0, 0.1) is 0 Å². The number of ether oxygens (including phenoxy) is 3. The highest BCUT2D eigenvalue weighted by Gasteiger charge is 2.16. The first-order valence-corrected chi connectivity index (χ1v) is 12.2. The van der Waals surface area contributed by atoms with E-state index in [2.05, 4.69) is 10.3 Å². The van der Waals surface area contributed by atoms with Crippen molar-refractivity contribution in [3.8, 4) is 28.5 Å². The predicted molar refractivity (Wildman–Crippen MR) is 124 cm³/mol. The zero-order valence-electron chi connectivity index (χ0n) is 18.0. The van der Waals surface area contributed by atoms with Crippen LogP contribution >= 0.6 is 11.3 Å². The summed E-state index contributed by atoms with van der Waals surface area (Å²) in [5.74, 6) is 1.44. The molecule has 2 aromatic carbocycles. The van der Waals surface area contributed by atoms with Gasteiger partial charge in [0.25, 0.3) is 0 Å². The molecule has 8 nitrogen and oxygen atoms in total. The van der Waals surface area contributed by atoms with E-state index in [1.807, 2.05) is 11.4 Å². The Labute approximate surface area is 191 Å². The highest BCUT2D eigenvalue weighted by molar-refractivity contribution is 7.91. The third kappa shape index (κ3) is 5.77. The molecule has 0 radical (unpaired) electrons. The van der Waals surface area contributed by atoms with E-state index in [4.69, 9.17) is 14.2 Å². The van der Waals surface area contributed by atoms with E-state index in [1.54, 1.807) is 38.5 Å². The van der Waals surface area contributed by atoms with Gasteiger partial charge in [0.2, 0.25) is 5.91 Å². The monoisotopic (exact) mass is 476 g/mol. The number of rotatable bonds is 10. The minimum absolute atomic E-state index is 0.0656. The van der Waals surface area contributed by atoms with Crippen molar-refractivity contribution in [3.05, 3.63) is 47.8 Å². The number of anilines is 1. The zero-order chi connectivity index (χ0) is 23.1. The minimum atomic E-state index is -3.47. The number of hydrogen-bond donors (Lipinski definition) is 1. The van der Waals surface area contributed by atoms with Gasteiger partial charge in [0.1, 0.15) is 17.2 Å². The highest BCUT2D eigenvalue weighted by atomic mass is 32.2. The summed E-state index contributed by atoms with van der Waals surface area (Å²) in [6.45, 7) is 0. The van der Waals surface area contributed by atoms with Gasteiger partial charge in [-0.2, -0.15) is 0 Å². The van der Waals surface area contributed by atoms with Crippen molar-refractivity contribution >= 4 is 32.2 Å². The fourth-order valence-corrected chi connectivity index (χ4v) is 5.01. The zero-order valence-corrected chi connectivity index (χ0v) is 19.6. The fourth-order valence-electron chi connectivity index (χ4n) is 2.97. The quantitative estimate of drug-likeness (QED) is 0.471. The third-order valence-corrected chi connectivity index (χ3v) is 7.24. The molecule has 32 heavy (non-hydrogen) atoms. The molecule has 1 amide bonds. The molecule has 0 aliphatic rings.